The van der Waals surface area contributed by atoms with E-state index < -0.39 is 0 Å². The lowest BCUT2D eigenvalue weighted by atomic mass is 10.2. The summed E-state index contributed by atoms with van der Waals surface area (Å²) in [5.74, 6) is 1.33. The Morgan fingerprint density at radius 3 is 2.63 bits per heavy atom. The quantitative estimate of drug-likeness (QED) is 0.816. The smallest absolute Gasteiger partial charge is 0.241 e. The number of aromatic nitrogens is 2. The fraction of sp³-hybridized carbons (Fsp3) is 0.526. The number of benzene rings is 1. The van der Waals surface area contributed by atoms with Crippen molar-refractivity contribution in [3.05, 3.63) is 35.2 Å². The van der Waals surface area contributed by atoms with Gasteiger partial charge in [0.1, 0.15) is 0 Å². The molecule has 0 spiro atoms. The molecule has 7 nitrogen and oxygen atoms in total. The second-order valence-electron chi connectivity index (χ2n) is 7.29. The Morgan fingerprint density at radius 1 is 1.26 bits per heavy atom. The number of halogens is 1. The molecule has 144 valence electrons. The summed E-state index contributed by atoms with van der Waals surface area (Å²) in [6, 6.07) is 7.72. The lowest BCUT2D eigenvalue weighted by molar-refractivity contribution is -0.126. The number of rotatable bonds is 6. The minimum Gasteiger partial charge on any atom is -0.352 e. The number of nitrogens with zero attached hydrogens (tertiary/aromatic N) is 4. The average Bonchev–Trinajstić information content (AvgIpc) is 3.37. The second-order valence-corrected chi connectivity index (χ2v) is 7.73. The number of carbonyl (C=O) groups excluding carboxylic acids is 1. The van der Waals surface area contributed by atoms with Crippen molar-refractivity contribution >= 4 is 17.5 Å². The normalized spacial score (nSPS) is 19.8. The van der Waals surface area contributed by atoms with E-state index in [-0.39, 0.29) is 11.9 Å². The van der Waals surface area contributed by atoms with Gasteiger partial charge in [0.25, 0.3) is 0 Å². The third kappa shape index (κ3) is 4.66. The van der Waals surface area contributed by atoms with Gasteiger partial charge in [-0.15, -0.1) is 0 Å². The first-order valence-electron chi connectivity index (χ1n) is 9.44. The Kier molecular flexibility index (Phi) is 5.43. The molecule has 0 radical (unpaired) electrons. The molecule has 1 aromatic carbocycles. The van der Waals surface area contributed by atoms with Crippen LogP contribution in [0.2, 0.25) is 5.02 Å². The van der Waals surface area contributed by atoms with Gasteiger partial charge in [0.2, 0.25) is 17.6 Å². The van der Waals surface area contributed by atoms with E-state index in [4.69, 9.17) is 16.1 Å². The highest BCUT2D eigenvalue weighted by molar-refractivity contribution is 6.30. The molecule has 8 heteroatoms. The lowest BCUT2D eigenvalue weighted by Crippen LogP contribution is -2.53. The molecule has 1 unspecified atom stereocenters. The van der Waals surface area contributed by atoms with Crippen LogP contribution in [0, 0.1) is 0 Å². The van der Waals surface area contributed by atoms with E-state index in [1.807, 2.05) is 31.2 Å². The maximum absolute atomic E-state index is 12.2. The average molecular weight is 390 g/mol. The first kappa shape index (κ1) is 18.4. The van der Waals surface area contributed by atoms with Gasteiger partial charge in [-0.2, -0.15) is 4.98 Å². The number of hydrogen-bond donors (Lipinski definition) is 1. The predicted molar refractivity (Wildman–Crippen MR) is 102 cm³/mol. The first-order valence-corrected chi connectivity index (χ1v) is 9.81. The van der Waals surface area contributed by atoms with Gasteiger partial charge < -0.3 is 9.84 Å². The summed E-state index contributed by atoms with van der Waals surface area (Å²) >= 11 is 5.91. The van der Waals surface area contributed by atoms with Gasteiger partial charge in [-0.1, -0.05) is 16.8 Å². The van der Waals surface area contributed by atoms with Crippen molar-refractivity contribution in [1.82, 2.24) is 25.3 Å². The topological polar surface area (TPSA) is 74.5 Å². The van der Waals surface area contributed by atoms with E-state index in [0.29, 0.717) is 29.3 Å². The highest BCUT2D eigenvalue weighted by Gasteiger charge is 2.30. The van der Waals surface area contributed by atoms with Crippen molar-refractivity contribution in [3.8, 4) is 11.4 Å². The Labute approximate surface area is 163 Å². The molecule has 4 rings (SSSR count). The molecule has 1 N–H and O–H groups in total. The molecule has 2 aliphatic rings. The van der Waals surface area contributed by atoms with Gasteiger partial charge in [0.05, 0.1) is 12.6 Å². The Hall–Kier alpha value is -1.96. The van der Waals surface area contributed by atoms with Gasteiger partial charge in [-0.25, -0.2) is 0 Å². The van der Waals surface area contributed by atoms with Gasteiger partial charge in [0, 0.05) is 42.8 Å². The van der Waals surface area contributed by atoms with Crippen molar-refractivity contribution in [1.29, 1.82) is 0 Å². The SMILES string of the molecule is CC(C(=O)NC1CC1)N1CCN(Cc2nc(-c3ccc(Cl)cc3)no2)CC1. The largest absolute Gasteiger partial charge is 0.352 e. The minimum atomic E-state index is -0.0762. The zero-order chi connectivity index (χ0) is 18.8. The van der Waals surface area contributed by atoms with Crippen LogP contribution in [0.15, 0.2) is 28.8 Å². The molecular weight excluding hydrogens is 366 g/mol. The molecule has 2 fully saturated rings. The Bertz CT molecular complexity index is 782. The molecule has 1 atom stereocenters. The van der Waals surface area contributed by atoms with E-state index in [1.54, 1.807) is 0 Å². The second kappa shape index (κ2) is 7.96. The number of amides is 1. The summed E-state index contributed by atoms with van der Waals surface area (Å²) < 4.78 is 5.40. The van der Waals surface area contributed by atoms with Crippen LogP contribution in [0.4, 0.5) is 0 Å². The van der Waals surface area contributed by atoms with Crippen molar-refractivity contribution in [3.63, 3.8) is 0 Å². The Balaban J connectivity index is 1.28. The molecule has 1 saturated carbocycles. The number of piperazine rings is 1. The molecule has 1 saturated heterocycles. The third-order valence-electron chi connectivity index (χ3n) is 5.19. The number of nitrogens with one attached hydrogen (secondary N) is 1. The van der Waals surface area contributed by atoms with Crippen LogP contribution in [-0.2, 0) is 11.3 Å². The van der Waals surface area contributed by atoms with Crippen LogP contribution in [-0.4, -0.2) is 64.1 Å². The lowest BCUT2D eigenvalue weighted by Gasteiger charge is -2.36. The van der Waals surface area contributed by atoms with Crippen LogP contribution in [0.5, 0.6) is 0 Å². The van der Waals surface area contributed by atoms with Gasteiger partial charge in [-0.3, -0.25) is 14.6 Å². The standard InChI is InChI=1S/C19H24ClN5O2/c1-13(19(26)21-16-6-7-16)25-10-8-24(9-11-25)12-17-22-18(23-27-17)14-2-4-15(20)5-3-14/h2-5,13,16H,6-12H2,1H3,(H,21,26). The maximum atomic E-state index is 12.2. The zero-order valence-electron chi connectivity index (χ0n) is 15.4. The summed E-state index contributed by atoms with van der Waals surface area (Å²) in [4.78, 5) is 21.2. The molecule has 1 aromatic heterocycles. The predicted octanol–water partition coefficient (Wildman–Crippen LogP) is 2.17. The molecule has 1 amide bonds. The summed E-state index contributed by atoms with van der Waals surface area (Å²) in [6.07, 6.45) is 2.24. The van der Waals surface area contributed by atoms with E-state index in [0.717, 1.165) is 44.6 Å². The molecule has 1 aliphatic heterocycles. The number of hydrogen-bond acceptors (Lipinski definition) is 6. The van der Waals surface area contributed by atoms with Crippen molar-refractivity contribution in [2.75, 3.05) is 26.2 Å². The fourth-order valence-corrected chi connectivity index (χ4v) is 3.38. The van der Waals surface area contributed by atoms with E-state index in [1.165, 1.54) is 0 Å². The van der Waals surface area contributed by atoms with Crippen molar-refractivity contribution in [2.24, 2.45) is 0 Å². The van der Waals surface area contributed by atoms with Crippen LogP contribution >= 0.6 is 11.6 Å². The van der Waals surface area contributed by atoms with Gasteiger partial charge in [0.15, 0.2) is 0 Å². The monoisotopic (exact) mass is 389 g/mol. The fourth-order valence-electron chi connectivity index (χ4n) is 3.25. The molecule has 2 heterocycles. The summed E-state index contributed by atoms with van der Waals surface area (Å²) in [7, 11) is 0. The Morgan fingerprint density at radius 2 is 1.96 bits per heavy atom. The van der Waals surface area contributed by atoms with Gasteiger partial charge in [-0.05, 0) is 44.0 Å². The van der Waals surface area contributed by atoms with Crippen LogP contribution in [0.3, 0.4) is 0 Å². The van der Waals surface area contributed by atoms with Crippen LogP contribution < -0.4 is 5.32 Å². The molecule has 1 aliphatic carbocycles. The zero-order valence-corrected chi connectivity index (χ0v) is 16.2. The van der Waals surface area contributed by atoms with Gasteiger partial charge >= 0.3 is 0 Å². The van der Waals surface area contributed by atoms with E-state index >= 15 is 0 Å². The van der Waals surface area contributed by atoms with E-state index in [9.17, 15) is 4.79 Å². The highest BCUT2D eigenvalue weighted by Crippen LogP contribution is 2.20. The van der Waals surface area contributed by atoms with Crippen LogP contribution in [0.25, 0.3) is 11.4 Å². The molecular formula is C19H24ClN5O2. The van der Waals surface area contributed by atoms with Crippen molar-refractivity contribution in [2.45, 2.75) is 38.4 Å². The molecule has 27 heavy (non-hydrogen) atoms. The maximum Gasteiger partial charge on any atom is 0.241 e. The molecule has 2 aromatic rings. The van der Waals surface area contributed by atoms with Crippen LogP contribution in [0.1, 0.15) is 25.7 Å². The number of carbonyl (C=O) groups is 1. The van der Waals surface area contributed by atoms with E-state index in [2.05, 4.69) is 25.3 Å². The van der Waals surface area contributed by atoms with Crippen molar-refractivity contribution < 1.29 is 9.32 Å². The highest BCUT2D eigenvalue weighted by atomic mass is 35.5. The first-order chi connectivity index (χ1) is 13.1. The minimum absolute atomic E-state index is 0.0762. The molecule has 0 bridgehead atoms. The summed E-state index contributed by atoms with van der Waals surface area (Å²) in [5, 5.41) is 7.83. The third-order valence-corrected chi connectivity index (χ3v) is 5.44. The summed E-state index contributed by atoms with van der Waals surface area (Å²) in [5.41, 5.74) is 0.884. The summed E-state index contributed by atoms with van der Waals surface area (Å²) in [6.45, 7) is 6.08.